The summed E-state index contributed by atoms with van der Waals surface area (Å²) < 4.78 is 28.2. The molecule has 0 aromatic heterocycles. The molecule has 1 aliphatic heterocycles. The fourth-order valence-electron chi connectivity index (χ4n) is 2.99. The summed E-state index contributed by atoms with van der Waals surface area (Å²) in [5.41, 5.74) is 4.66. The molecule has 1 aromatic rings. The Labute approximate surface area is 127 Å². The number of aliphatic imine (C=N–C) groups is 1. The minimum absolute atomic E-state index is 0.115. The van der Waals surface area contributed by atoms with Gasteiger partial charge < -0.3 is 10.8 Å². The van der Waals surface area contributed by atoms with Gasteiger partial charge in [0.05, 0.1) is 11.4 Å². The van der Waals surface area contributed by atoms with E-state index in [-0.39, 0.29) is 23.3 Å². The monoisotopic (exact) mass is 362 g/mol. The predicted molar refractivity (Wildman–Crippen MR) is 78.9 cm³/mol. The van der Waals surface area contributed by atoms with Gasteiger partial charge in [0.1, 0.15) is 18.0 Å². The lowest BCUT2D eigenvalue weighted by Gasteiger charge is -2.34. The Kier molecular flexibility index (Phi) is 3.34. The highest BCUT2D eigenvalue weighted by Gasteiger charge is 2.68. The van der Waals surface area contributed by atoms with Crippen LogP contribution in [0.1, 0.15) is 12.0 Å². The van der Waals surface area contributed by atoms with Gasteiger partial charge in [-0.2, -0.15) is 0 Å². The molecule has 0 saturated heterocycles. The van der Waals surface area contributed by atoms with E-state index in [2.05, 4.69) is 20.9 Å². The zero-order valence-electron chi connectivity index (χ0n) is 10.4. The average molecular weight is 363 g/mol. The minimum Gasteiger partial charge on any atom is -0.395 e. The molecule has 3 atom stereocenters. The molecular formula is C13H13BrF2N2OS. The van der Waals surface area contributed by atoms with Crippen LogP contribution in [0.25, 0.3) is 0 Å². The number of aliphatic hydroxyl groups excluding tert-OH is 1. The maximum atomic E-state index is 14.2. The minimum atomic E-state index is -1.33. The lowest BCUT2D eigenvalue weighted by Crippen LogP contribution is -2.41. The van der Waals surface area contributed by atoms with Gasteiger partial charge in [-0.1, -0.05) is 27.7 Å². The van der Waals surface area contributed by atoms with Gasteiger partial charge in [0.2, 0.25) is 0 Å². The second-order valence-electron chi connectivity index (χ2n) is 5.21. The number of nitrogens with two attached hydrogens (primary N) is 1. The smallest absolute Gasteiger partial charge is 0.155 e. The van der Waals surface area contributed by atoms with Crippen LogP contribution in [0.4, 0.5) is 8.78 Å². The van der Waals surface area contributed by atoms with Crippen LogP contribution in [0.2, 0.25) is 0 Å². The van der Waals surface area contributed by atoms with Crippen molar-refractivity contribution in [2.24, 2.45) is 16.6 Å². The summed E-state index contributed by atoms with van der Waals surface area (Å²) in [5.74, 6) is -0.751. The van der Waals surface area contributed by atoms with Crippen LogP contribution in [0.3, 0.4) is 0 Å². The fourth-order valence-corrected chi connectivity index (χ4v) is 4.63. The summed E-state index contributed by atoms with van der Waals surface area (Å²) in [5, 5.41) is 9.75. The van der Waals surface area contributed by atoms with Gasteiger partial charge >= 0.3 is 0 Å². The van der Waals surface area contributed by atoms with E-state index >= 15 is 0 Å². The van der Waals surface area contributed by atoms with Crippen molar-refractivity contribution >= 4 is 32.9 Å². The number of rotatable bonds is 3. The lowest BCUT2D eigenvalue weighted by molar-refractivity contribution is 0.231. The quantitative estimate of drug-likeness (QED) is 0.868. The molecule has 1 heterocycles. The Morgan fingerprint density at radius 2 is 2.30 bits per heavy atom. The Balaban J connectivity index is 2.17. The molecule has 2 aliphatic rings. The van der Waals surface area contributed by atoms with Crippen LogP contribution in [0.5, 0.6) is 0 Å². The molecule has 0 bridgehead atoms. The Morgan fingerprint density at radius 1 is 1.55 bits per heavy atom. The van der Waals surface area contributed by atoms with Crippen molar-refractivity contribution in [1.29, 1.82) is 0 Å². The van der Waals surface area contributed by atoms with Crippen molar-refractivity contribution in [2.45, 2.75) is 16.7 Å². The highest BCUT2D eigenvalue weighted by Crippen LogP contribution is 2.65. The first-order valence-electron chi connectivity index (χ1n) is 6.14. The van der Waals surface area contributed by atoms with Crippen LogP contribution in [0.15, 0.2) is 27.7 Å². The van der Waals surface area contributed by atoms with Gasteiger partial charge in [-0.05, 0) is 24.6 Å². The number of aliphatic hydroxyl groups is 1. The third-order valence-electron chi connectivity index (χ3n) is 4.08. The highest BCUT2D eigenvalue weighted by molar-refractivity contribution is 9.10. The number of benzene rings is 1. The standard InChI is InChI=1S/C13H13BrF2N2OS/c14-7-1-2-9(16)8(3-7)13(5-15)10-4-12(10,6-19)20-11(17)18-13/h1-3,10,19H,4-6H2,(H2,17,18)/t10?,12-,13-/m1/s1. The largest absolute Gasteiger partial charge is 0.395 e. The van der Waals surface area contributed by atoms with Crippen molar-refractivity contribution < 1.29 is 13.9 Å². The number of nitrogens with zero attached hydrogens (tertiary/aromatic N) is 1. The molecule has 3 N–H and O–H groups in total. The summed E-state index contributed by atoms with van der Waals surface area (Å²) >= 11 is 4.53. The number of hydrogen-bond donors (Lipinski definition) is 2. The van der Waals surface area contributed by atoms with E-state index in [1.54, 1.807) is 12.1 Å². The van der Waals surface area contributed by atoms with Gasteiger partial charge in [0, 0.05) is 16.0 Å². The average Bonchev–Trinajstić information content (AvgIpc) is 3.16. The van der Waals surface area contributed by atoms with E-state index in [4.69, 9.17) is 5.73 Å². The van der Waals surface area contributed by atoms with Gasteiger partial charge in [-0.3, -0.25) is 0 Å². The summed E-state index contributed by atoms with van der Waals surface area (Å²) in [6.07, 6.45) is 0.578. The van der Waals surface area contributed by atoms with Crippen molar-refractivity contribution in [3.05, 3.63) is 34.1 Å². The first kappa shape index (κ1) is 14.3. The third-order valence-corrected chi connectivity index (χ3v) is 5.87. The molecule has 1 aliphatic carbocycles. The molecule has 3 nitrogen and oxygen atoms in total. The van der Waals surface area contributed by atoms with Gasteiger partial charge in [-0.25, -0.2) is 13.8 Å². The van der Waals surface area contributed by atoms with E-state index in [1.807, 2.05) is 0 Å². The Hall–Kier alpha value is -0.660. The molecular weight excluding hydrogens is 350 g/mol. The van der Waals surface area contributed by atoms with Gasteiger partial charge in [0.15, 0.2) is 5.17 Å². The molecule has 0 radical (unpaired) electrons. The first-order valence-corrected chi connectivity index (χ1v) is 7.75. The maximum Gasteiger partial charge on any atom is 0.155 e. The molecule has 0 amide bonds. The van der Waals surface area contributed by atoms with Crippen LogP contribution in [-0.2, 0) is 5.54 Å². The zero-order chi connectivity index (χ0) is 14.5. The number of hydrogen-bond acceptors (Lipinski definition) is 4. The zero-order valence-corrected chi connectivity index (χ0v) is 12.8. The predicted octanol–water partition coefficient (Wildman–Crippen LogP) is 2.57. The second-order valence-corrected chi connectivity index (χ2v) is 7.56. The molecule has 0 spiro atoms. The lowest BCUT2D eigenvalue weighted by atomic mass is 9.85. The molecule has 1 aromatic carbocycles. The van der Waals surface area contributed by atoms with Crippen molar-refractivity contribution in [2.75, 3.05) is 13.3 Å². The molecule has 20 heavy (non-hydrogen) atoms. The summed E-state index contributed by atoms with van der Waals surface area (Å²) in [6, 6.07) is 4.39. The molecule has 1 fully saturated rings. The highest BCUT2D eigenvalue weighted by atomic mass is 79.9. The molecule has 108 valence electrons. The van der Waals surface area contributed by atoms with Crippen LogP contribution in [0, 0.1) is 11.7 Å². The molecule has 7 heteroatoms. The second kappa shape index (κ2) is 4.68. The van der Waals surface area contributed by atoms with Crippen LogP contribution < -0.4 is 5.73 Å². The number of fused-ring (bicyclic) bond motifs is 1. The number of amidine groups is 1. The van der Waals surface area contributed by atoms with E-state index in [1.165, 1.54) is 17.8 Å². The van der Waals surface area contributed by atoms with Crippen LogP contribution in [-0.4, -0.2) is 28.3 Å². The van der Waals surface area contributed by atoms with E-state index in [9.17, 15) is 13.9 Å². The molecule has 1 saturated carbocycles. The van der Waals surface area contributed by atoms with Crippen molar-refractivity contribution in [1.82, 2.24) is 0 Å². The normalized spacial score (nSPS) is 35.4. The number of thioether (sulfide) groups is 1. The Morgan fingerprint density at radius 3 is 2.95 bits per heavy atom. The van der Waals surface area contributed by atoms with E-state index in [0.29, 0.717) is 10.9 Å². The topological polar surface area (TPSA) is 58.6 Å². The molecule has 1 unspecified atom stereocenters. The maximum absolute atomic E-state index is 14.2. The third kappa shape index (κ3) is 1.90. The van der Waals surface area contributed by atoms with Crippen molar-refractivity contribution in [3.8, 4) is 0 Å². The summed E-state index contributed by atoms with van der Waals surface area (Å²) in [7, 11) is 0. The van der Waals surface area contributed by atoms with Gasteiger partial charge in [-0.15, -0.1) is 0 Å². The fraction of sp³-hybridized carbons (Fsp3) is 0.462. The number of halogens is 3. The first-order chi connectivity index (χ1) is 9.47. The molecule has 3 rings (SSSR count). The van der Waals surface area contributed by atoms with Crippen LogP contribution >= 0.6 is 27.7 Å². The number of alkyl halides is 1. The Bertz CT molecular complexity index is 600. The SMILES string of the molecule is NC1=N[C@](CF)(c2cc(Br)ccc2F)C2C[C@]2(CO)S1. The summed E-state index contributed by atoms with van der Waals surface area (Å²) in [6.45, 7) is -0.954. The van der Waals surface area contributed by atoms with Crippen molar-refractivity contribution in [3.63, 3.8) is 0 Å². The summed E-state index contributed by atoms with van der Waals surface area (Å²) in [4.78, 5) is 4.23. The van der Waals surface area contributed by atoms with Gasteiger partial charge in [0.25, 0.3) is 0 Å². The van der Waals surface area contributed by atoms with E-state index in [0.717, 1.165) is 0 Å². The van der Waals surface area contributed by atoms with E-state index < -0.39 is 22.8 Å².